The number of rotatable bonds is 9. The molecule has 6 heteroatoms. The van der Waals surface area contributed by atoms with Gasteiger partial charge in [-0.05, 0) is 51.2 Å². The Hall–Kier alpha value is -1.92. The Labute approximate surface area is 149 Å². The first-order valence-corrected chi connectivity index (χ1v) is 10.0. The van der Waals surface area contributed by atoms with Crippen LogP contribution in [0.15, 0.2) is 53.0 Å². The predicted molar refractivity (Wildman–Crippen MR) is 97.8 cm³/mol. The van der Waals surface area contributed by atoms with E-state index >= 15 is 0 Å². The fraction of sp³-hybridized carbons (Fsp3) is 0.421. The highest BCUT2D eigenvalue weighted by atomic mass is 32.2. The number of hydrogen-bond donors (Lipinski definition) is 2. The molecular formula is C19H25NO4S. The molecule has 0 bridgehead atoms. The number of benzene rings is 1. The molecule has 0 spiro atoms. The number of nitrogens with one attached hydrogen (secondary N) is 1. The van der Waals surface area contributed by atoms with Gasteiger partial charge in [-0.15, -0.1) is 0 Å². The molecule has 0 saturated heterocycles. The highest BCUT2D eigenvalue weighted by molar-refractivity contribution is 7.89. The van der Waals surface area contributed by atoms with Crippen LogP contribution in [-0.2, 0) is 14.8 Å². The number of allylic oxidation sites excluding steroid dienone is 3. The molecule has 2 rings (SSSR count). The van der Waals surface area contributed by atoms with Gasteiger partial charge in [0.25, 0.3) is 0 Å². The standard InChI is InChI=1S/C19H25NO4S/c1-15-11-13-17(14-12-15)25(23,24)20-18-9-6-8-16(18)7-4-2-3-5-10-19(21)22/h2,4,8,11-14,18,20H,3,5-7,9-10H2,1H3,(H,21,22)/b4-2-. The van der Waals surface area contributed by atoms with Crippen LogP contribution in [0.3, 0.4) is 0 Å². The smallest absolute Gasteiger partial charge is 0.303 e. The molecule has 0 aromatic heterocycles. The van der Waals surface area contributed by atoms with Gasteiger partial charge in [-0.3, -0.25) is 4.79 Å². The average molecular weight is 363 g/mol. The van der Waals surface area contributed by atoms with Gasteiger partial charge < -0.3 is 5.11 Å². The zero-order valence-electron chi connectivity index (χ0n) is 14.4. The van der Waals surface area contributed by atoms with Crippen molar-refractivity contribution in [3.8, 4) is 0 Å². The molecule has 1 aromatic rings. The van der Waals surface area contributed by atoms with Crippen molar-refractivity contribution in [1.82, 2.24) is 4.72 Å². The minimum atomic E-state index is -3.52. The van der Waals surface area contributed by atoms with Crippen molar-refractivity contribution in [2.45, 2.75) is 56.4 Å². The summed E-state index contributed by atoms with van der Waals surface area (Å²) in [5.41, 5.74) is 2.10. The van der Waals surface area contributed by atoms with Gasteiger partial charge in [0.2, 0.25) is 10.0 Å². The summed E-state index contributed by atoms with van der Waals surface area (Å²) in [4.78, 5) is 10.7. The molecule has 1 aromatic carbocycles. The molecule has 0 fully saturated rings. The van der Waals surface area contributed by atoms with Crippen LogP contribution < -0.4 is 4.72 Å². The lowest BCUT2D eigenvalue weighted by Gasteiger charge is -2.16. The maximum absolute atomic E-state index is 12.5. The van der Waals surface area contributed by atoms with Crippen molar-refractivity contribution in [3.05, 3.63) is 53.6 Å². The van der Waals surface area contributed by atoms with Crippen LogP contribution >= 0.6 is 0 Å². The quantitative estimate of drug-likeness (QED) is 0.519. The van der Waals surface area contributed by atoms with Crippen LogP contribution in [0.25, 0.3) is 0 Å². The summed E-state index contributed by atoms with van der Waals surface area (Å²) in [5, 5.41) is 8.60. The van der Waals surface area contributed by atoms with Crippen molar-refractivity contribution in [3.63, 3.8) is 0 Å². The molecule has 1 aliphatic carbocycles. The molecule has 1 aliphatic rings. The van der Waals surface area contributed by atoms with Crippen LogP contribution in [0.5, 0.6) is 0 Å². The summed E-state index contributed by atoms with van der Waals surface area (Å²) in [6, 6.07) is 6.66. The van der Waals surface area contributed by atoms with Gasteiger partial charge in [0.05, 0.1) is 4.90 Å². The molecule has 0 heterocycles. The van der Waals surface area contributed by atoms with E-state index in [0.29, 0.717) is 12.8 Å². The minimum Gasteiger partial charge on any atom is -0.481 e. The van der Waals surface area contributed by atoms with E-state index in [-0.39, 0.29) is 17.4 Å². The first-order chi connectivity index (χ1) is 11.9. The van der Waals surface area contributed by atoms with Gasteiger partial charge >= 0.3 is 5.97 Å². The maximum atomic E-state index is 12.5. The maximum Gasteiger partial charge on any atom is 0.303 e. The highest BCUT2D eigenvalue weighted by Gasteiger charge is 2.24. The van der Waals surface area contributed by atoms with Crippen molar-refractivity contribution in [1.29, 1.82) is 0 Å². The number of carboxylic acids is 1. The third-order valence-corrected chi connectivity index (χ3v) is 5.71. The monoisotopic (exact) mass is 363 g/mol. The van der Waals surface area contributed by atoms with E-state index in [1.807, 2.05) is 19.1 Å². The Morgan fingerprint density at radius 1 is 1.28 bits per heavy atom. The Morgan fingerprint density at radius 3 is 2.68 bits per heavy atom. The summed E-state index contributed by atoms with van der Waals surface area (Å²) in [7, 11) is -3.52. The lowest BCUT2D eigenvalue weighted by Crippen LogP contribution is -2.34. The van der Waals surface area contributed by atoms with Gasteiger partial charge in [-0.25, -0.2) is 13.1 Å². The van der Waals surface area contributed by atoms with E-state index < -0.39 is 16.0 Å². The number of hydrogen-bond acceptors (Lipinski definition) is 3. The summed E-state index contributed by atoms with van der Waals surface area (Å²) >= 11 is 0. The highest BCUT2D eigenvalue weighted by Crippen LogP contribution is 2.24. The van der Waals surface area contributed by atoms with Gasteiger partial charge in [-0.1, -0.05) is 41.5 Å². The van der Waals surface area contributed by atoms with Gasteiger partial charge in [0.15, 0.2) is 0 Å². The van der Waals surface area contributed by atoms with Crippen molar-refractivity contribution < 1.29 is 18.3 Å². The second kappa shape index (κ2) is 8.97. The third kappa shape index (κ3) is 6.14. The molecule has 2 N–H and O–H groups in total. The molecule has 1 unspecified atom stereocenters. The molecule has 0 amide bonds. The Bertz CT molecular complexity index is 748. The van der Waals surface area contributed by atoms with E-state index in [0.717, 1.165) is 30.4 Å². The lowest BCUT2D eigenvalue weighted by molar-refractivity contribution is -0.137. The summed E-state index contributed by atoms with van der Waals surface area (Å²) in [6.07, 6.45) is 9.88. The molecule has 0 radical (unpaired) electrons. The van der Waals surface area contributed by atoms with Gasteiger partial charge in [0.1, 0.15) is 0 Å². The van der Waals surface area contributed by atoms with E-state index in [1.54, 1.807) is 24.3 Å². The molecule has 1 atom stereocenters. The van der Waals surface area contributed by atoms with Crippen LogP contribution in [0, 0.1) is 6.92 Å². The van der Waals surface area contributed by atoms with E-state index in [2.05, 4.69) is 10.8 Å². The number of aliphatic carboxylic acids is 1. The number of aryl methyl sites for hydroxylation is 1. The van der Waals surface area contributed by atoms with Crippen LogP contribution in [0.2, 0.25) is 0 Å². The largest absolute Gasteiger partial charge is 0.481 e. The van der Waals surface area contributed by atoms with Crippen LogP contribution in [0.4, 0.5) is 0 Å². The first-order valence-electron chi connectivity index (χ1n) is 8.53. The Morgan fingerprint density at radius 2 is 2.00 bits per heavy atom. The second-order valence-corrected chi connectivity index (χ2v) is 8.02. The van der Waals surface area contributed by atoms with Gasteiger partial charge in [0, 0.05) is 12.5 Å². The third-order valence-electron chi connectivity index (χ3n) is 4.22. The fourth-order valence-corrected chi connectivity index (χ4v) is 4.08. The van der Waals surface area contributed by atoms with Crippen molar-refractivity contribution in [2.75, 3.05) is 0 Å². The minimum absolute atomic E-state index is 0.171. The zero-order valence-corrected chi connectivity index (χ0v) is 15.3. The lowest BCUT2D eigenvalue weighted by atomic mass is 10.1. The summed E-state index contributed by atoms with van der Waals surface area (Å²) in [6.45, 7) is 1.92. The average Bonchev–Trinajstić information content (AvgIpc) is 2.97. The van der Waals surface area contributed by atoms with Crippen LogP contribution in [0.1, 0.15) is 44.1 Å². The molecule has 0 aliphatic heterocycles. The van der Waals surface area contributed by atoms with E-state index in [1.165, 1.54) is 0 Å². The molecule has 25 heavy (non-hydrogen) atoms. The number of carboxylic acid groups (broad SMARTS) is 1. The van der Waals surface area contributed by atoms with E-state index in [9.17, 15) is 13.2 Å². The molecule has 5 nitrogen and oxygen atoms in total. The predicted octanol–water partition coefficient (Wildman–Crippen LogP) is 3.56. The summed E-state index contributed by atoms with van der Waals surface area (Å²) < 4.78 is 27.8. The summed E-state index contributed by atoms with van der Waals surface area (Å²) in [5.74, 6) is -0.780. The topological polar surface area (TPSA) is 83.5 Å². The van der Waals surface area contributed by atoms with Crippen molar-refractivity contribution >= 4 is 16.0 Å². The molecule has 0 saturated carbocycles. The van der Waals surface area contributed by atoms with Gasteiger partial charge in [-0.2, -0.15) is 0 Å². The molecule has 136 valence electrons. The number of unbranched alkanes of at least 4 members (excludes halogenated alkanes) is 1. The number of sulfonamides is 1. The molecular weight excluding hydrogens is 338 g/mol. The Kier molecular flexibility index (Phi) is 6.96. The zero-order chi connectivity index (χ0) is 18.3. The first kappa shape index (κ1) is 19.4. The SMILES string of the molecule is Cc1ccc(S(=O)(=O)NC2CCC=C2C/C=C\CCCC(=O)O)cc1. The fourth-order valence-electron chi connectivity index (χ4n) is 2.80. The number of carbonyl (C=O) groups is 1. The van der Waals surface area contributed by atoms with E-state index in [4.69, 9.17) is 5.11 Å². The normalized spacial score (nSPS) is 17.8. The van der Waals surface area contributed by atoms with Crippen molar-refractivity contribution in [2.24, 2.45) is 0 Å². The van der Waals surface area contributed by atoms with Crippen LogP contribution in [-0.4, -0.2) is 25.5 Å². The Balaban J connectivity index is 1.89. The second-order valence-electron chi connectivity index (χ2n) is 6.30.